The number of hydrogen-bond donors (Lipinski definition) is 0. The quantitative estimate of drug-likeness (QED) is 0.463. The van der Waals surface area contributed by atoms with Crippen LogP contribution >= 0.6 is 11.3 Å². The third-order valence-corrected chi connectivity index (χ3v) is 5.23. The maximum atomic E-state index is 11.4. The van der Waals surface area contributed by atoms with Crippen LogP contribution in [0.1, 0.15) is 10.4 Å². The Kier molecular flexibility index (Phi) is 3.36. The summed E-state index contributed by atoms with van der Waals surface area (Å²) in [5, 5.41) is 2.49. The van der Waals surface area contributed by atoms with Crippen LogP contribution < -0.4 is 4.74 Å². The highest BCUT2D eigenvalue weighted by Crippen LogP contribution is 2.37. The lowest BCUT2D eigenvalue weighted by Crippen LogP contribution is -1.90. The Hall–Kier alpha value is -2.65. The minimum absolute atomic E-state index is 0.642. The molecule has 112 valence electrons. The molecule has 0 saturated heterocycles. The molecule has 0 aliphatic rings. The number of carbonyl (C=O) groups is 1. The molecule has 0 unspecified atom stereocenters. The molecule has 1 heterocycles. The van der Waals surface area contributed by atoms with Crippen molar-refractivity contribution in [1.29, 1.82) is 0 Å². The van der Waals surface area contributed by atoms with Gasteiger partial charge in [0.25, 0.3) is 0 Å². The van der Waals surface area contributed by atoms with Gasteiger partial charge in [0.2, 0.25) is 0 Å². The van der Waals surface area contributed by atoms with E-state index in [0.717, 1.165) is 17.4 Å². The lowest BCUT2D eigenvalue weighted by Gasteiger charge is -2.08. The normalized spacial score (nSPS) is 11.0. The zero-order valence-electron chi connectivity index (χ0n) is 12.6. The maximum absolute atomic E-state index is 11.4. The van der Waals surface area contributed by atoms with Gasteiger partial charge in [0.15, 0.2) is 6.29 Å². The van der Waals surface area contributed by atoms with E-state index in [9.17, 15) is 4.79 Å². The summed E-state index contributed by atoms with van der Waals surface area (Å²) >= 11 is 1.79. The number of rotatable bonds is 3. The van der Waals surface area contributed by atoms with Crippen LogP contribution in [0.25, 0.3) is 31.3 Å². The summed E-state index contributed by atoms with van der Waals surface area (Å²) in [7, 11) is 1.60. The largest absolute Gasteiger partial charge is 0.497 e. The number of ether oxygens (including phenoxy) is 1. The summed E-state index contributed by atoms with van der Waals surface area (Å²) in [6.07, 6.45) is 0.883. The fraction of sp³-hybridized carbons (Fsp3) is 0.0500. The molecule has 4 aromatic rings. The van der Waals surface area contributed by atoms with Crippen molar-refractivity contribution in [2.45, 2.75) is 0 Å². The monoisotopic (exact) mass is 318 g/mol. The van der Waals surface area contributed by atoms with Crippen LogP contribution in [0, 0.1) is 0 Å². The molecule has 1 aromatic heterocycles. The van der Waals surface area contributed by atoms with Crippen molar-refractivity contribution in [3.05, 3.63) is 66.2 Å². The molecule has 0 amide bonds. The first-order valence-corrected chi connectivity index (χ1v) is 8.16. The second-order valence-corrected chi connectivity index (χ2v) is 6.46. The highest BCUT2D eigenvalue weighted by molar-refractivity contribution is 7.25. The Labute approximate surface area is 137 Å². The van der Waals surface area contributed by atoms with Crippen molar-refractivity contribution in [3.8, 4) is 16.9 Å². The third-order valence-electron chi connectivity index (χ3n) is 4.07. The first-order valence-electron chi connectivity index (χ1n) is 7.35. The van der Waals surface area contributed by atoms with Crippen LogP contribution in [0.5, 0.6) is 5.75 Å². The van der Waals surface area contributed by atoms with E-state index in [1.165, 1.54) is 20.2 Å². The summed E-state index contributed by atoms with van der Waals surface area (Å²) in [6.45, 7) is 0. The Morgan fingerprint density at radius 2 is 1.74 bits per heavy atom. The van der Waals surface area contributed by atoms with Crippen molar-refractivity contribution >= 4 is 37.8 Å². The number of thiophene rings is 1. The molecule has 4 rings (SSSR count). The third kappa shape index (κ3) is 2.30. The lowest BCUT2D eigenvalue weighted by molar-refractivity contribution is 0.112. The van der Waals surface area contributed by atoms with E-state index in [1.807, 2.05) is 12.1 Å². The molecule has 0 aliphatic heterocycles. The van der Waals surface area contributed by atoms with Gasteiger partial charge in [-0.1, -0.05) is 24.3 Å². The summed E-state index contributed by atoms with van der Waals surface area (Å²) < 4.78 is 7.75. The van der Waals surface area contributed by atoms with Crippen LogP contribution in [-0.2, 0) is 0 Å². The molecule has 23 heavy (non-hydrogen) atoms. The summed E-state index contributed by atoms with van der Waals surface area (Å²) in [5.41, 5.74) is 2.62. The van der Waals surface area contributed by atoms with Crippen LogP contribution in [0.2, 0.25) is 0 Å². The van der Waals surface area contributed by atoms with Crippen molar-refractivity contribution < 1.29 is 9.53 Å². The molecule has 0 spiro atoms. The van der Waals surface area contributed by atoms with Crippen molar-refractivity contribution in [1.82, 2.24) is 0 Å². The number of aldehydes is 1. The fourth-order valence-corrected chi connectivity index (χ4v) is 4.01. The minimum atomic E-state index is 0.642. The predicted octanol–water partition coefficient (Wildman–Crippen LogP) is 5.54. The van der Waals surface area contributed by atoms with E-state index < -0.39 is 0 Å². The average molecular weight is 318 g/mol. The number of carbonyl (C=O) groups excluding carboxylic acids is 1. The predicted molar refractivity (Wildman–Crippen MR) is 96.7 cm³/mol. The second kappa shape index (κ2) is 5.52. The van der Waals surface area contributed by atoms with Gasteiger partial charge in [-0.3, -0.25) is 4.79 Å². The van der Waals surface area contributed by atoms with Gasteiger partial charge in [0.1, 0.15) is 5.75 Å². The van der Waals surface area contributed by atoms with Crippen LogP contribution in [-0.4, -0.2) is 13.4 Å². The Bertz CT molecular complexity index is 1030. The Morgan fingerprint density at radius 3 is 2.57 bits per heavy atom. The van der Waals surface area contributed by atoms with Crippen LogP contribution in [0.4, 0.5) is 0 Å². The van der Waals surface area contributed by atoms with Gasteiger partial charge in [-0.05, 0) is 47.5 Å². The summed E-state index contributed by atoms with van der Waals surface area (Å²) in [5.74, 6) is 0.693. The van der Waals surface area contributed by atoms with Crippen LogP contribution in [0.3, 0.4) is 0 Å². The molecule has 0 bridgehead atoms. The number of hydrogen-bond acceptors (Lipinski definition) is 3. The standard InChI is InChI=1S/C20H14O2S/c1-22-15-7-8-16(14(10-15)12-21)13-6-9-20-18(11-13)17-4-2-3-5-19(17)23-20/h2-12H,1H3. The van der Waals surface area contributed by atoms with Gasteiger partial charge >= 0.3 is 0 Å². The smallest absolute Gasteiger partial charge is 0.150 e. The first-order chi connectivity index (χ1) is 11.3. The van der Waals surface area contributed by atoms with E-state index >= 15 is 0 Å². The number of benzene rings is 3. The van der Waals surface area contributed by atoms with Crippen molar-refractivity contribution in [2.24, 2.45) is 0 Å². The van der Waals surface area contributed by atoms with E-state index in [-0.39, 0.29) is 0 Å². The summed E-state index contributed by atoms with van der Waals surface area (Å²) in [4.78, 5) is 11.4. The molecule has 3 aromatic carbocycles. The van der Waals surface area contributed by atoms with Gasteiger partial charge in [0.05, 0.1) is 7.11 Å². The highest BCUT2D eigenvalue weighted by Gasteiger charge is 2.10. The summed E-state index contributed by atoms with van der Waals surface area (Å²) in [6, 6.07) is 20.4. The molecule has 0 fully saturated rings. The second-order valence-electron chi connectivity index (χ2n) is 5.38. The Balaban J connectivity index is 1.95. The van der Waals surface area contributed by atoms with Gasteiger partial charge in [-0.15, -0.1) is 11.3 Å². The van der Waals surface area contributed by atoms with Gasteiger partial charge in [-0.25, -0.2) is 0 Å². The molecule has 3 heteroatoms. The van der Waals surface area contributed by atoms with Gasteiger partial charge < -0.3 is 4.74 Å². The minimum Gasteiger partial charge on any atom is -0.497 e. The molecule has 0 N–H and O–H groups in total. The molecule has 0 saturated carbocycles. The van der Waals surface area contributed by atoms with Crippen molar-refractivity contribution in [3.63, 3.8) is 0 Å². The Morgan fingerprint density at radius 1 is 0.913 bits per heavy atom. The maximum Gasteiger partial charge on any atom is 0.150 e. The van der Waals surface area contributed by atoms with Crippen molar-refractivity contribution in [2.75, 3.05) is 7.11 Å². The van der Waals surface area contributed by atoms with E-state index in [4.69, 9.17) is 4.74 Å². The van der Waals surface area contributed by atoms with E-state index in [2.05, 4.69) is 42.5 Å². The fourth-order valence-electron chi connectivity index (χ4n) is 2.92. The van der Waals surface area contributed by atoms with Crippen LogP contribution in [0.15, 0.2) is 60.7 Å². The first kappa shape index (κ1) is 14.0. The van der Waals surface area contributed by atoms with Gasteiger partial charge in [-0.2, -0.15) is 0 Å². The average Bonchev–Trinajstić information content (AvgIpc) is 2.99. The molecular weight excluding hydrogens is 304 g/mol. The molecule has 0 atom stereocenters. The molecular formula is C20H14O2S. The molecule has 0 radical (unpaired) electrons. The molecule has 2 nitrogen and oxygen atoms in total. The molecule has 0 aliphatic carbocycles. The van der Waals surface area contributed by atoms with E-state index in [1.54, 1.807) is 24.5 Å². The zero-order valence-corrected chi connectivity index (χ0v) is 13.4. The lowest BCUT2D eigenvalue weighted by atomic mass is 9.98. The van der Waals surface area contributed by atoms with Gasteiger partial charge in [0, 0.05) is 25.7 Å². The van der Waals surface area contributed by atoms with E-state index in [0.29, 0.717) is 11.3 Å². The number of fused-ring (bicyclic) bond motifs is 3. The SMILES string of the molecule is COc1ccc(-c2ccc3sc4ccccc4c3c2)c(C=O)c1. The zero-order chi connectivity index (χ0) is 15.8. The topological polar surface area (TPSA) is 26.3 Å². The number of methoxy groups -OCH3 is 1. The highest BCUT2D eigenvalue weighted by atomic mass is 32.1.